The molecule has 0 fully saturated rings. The number of carbonyl (C=O) groups is 2. The highest BCUT2D eigenvalue weighted by molar-refractivity contribution is 7.91. The average molecular weight is 775 g/mol. The lowest BCUT2D eigenvalue weighted by molar-refractivity contribution is -0.122. The van der Waals surface area contributed by atoms with E-state index in [2.05, 4.69) is 18.2 Å². The van der Waals surface area contributed by atoms with Crippen molar-refractivity contribution in [2.75, 3.05) is 17.2 Å². The molecular formula is C46H42N6O4S. The number of sulfone groups is 1. The molecule has 1 heterocycles. The average Bonchev–Trinajstić information content (AvgIpc) is 3.21. The first-order valence-electron chi connectivity index (χ1n) is 18.4. The van der Waals surface area contributed by atoms with Crippen molar-refractivity contribution >= 4 is 60.1 Å². The maximum Gasteiger partial charge on any atom is 0.206 e. The Bertz CT molecular complexity index is 2740. The molecule has 0 saturated carbocycles. The molecule has 57 heavy (non-hydrogen) atoms. The van der Waals surface area contributed by atoms with Crippen LogP contribution in [0.1, 0.15) is 18.4 Å². The second kappa shape index (κ2) is 15.7. The van der Waals surface area contributed by atoms with Gasteiger partial charge in [-0.2, -0.15) is 0 Å². The van der Waals surface area contributed by atoms with E-state index in [0.717, 1.165) is 50.6 Å². The Labute approximate surface area is 331 Å². The predicted octanol–water partition coefficient (Wildman–Crippen LogP) is 7.14. The van der Waals surface area contributed by atoms with Crippen LogP contribution in [-0.2, 0) is 19.4 Å². The number of allylic oxidation sites excluding steroid dienone is 5. The fourth-order valence-electron chi connectivity index (χ4n) is 7.19. The molecule has 0 radical (unpaired) electrons. The smallest absolute Gasteiger partial charge is 0.206 e. The third-order valence-electron chi connectivity index (χ3n) is 10.2. The van der Waals surface area contributed by atoms with Crippen molar-refractivity contribution in [3.05, 3.63) is 168 Å². The molecule has 0 saturated heterocycles. The first-order valence-corrected chi connectivity index (χ1v) is 19.8. The van der Waals surface area contributed by atoms with Crippen LogP contribution in [0, 0.1) is 12.8 Å². The minimum absolute atomic E-state index is 0.0382. The van der Waals surface area contributed by atoms with Gasteiger partial charge in [0, 0.05) is 61.9 Å². The van der Waals surface area contributed by atoms with E-state index in [1.807, 2.05) is 61.5 Å². The summed E-state index contributed by atoms with van der Waals surface area (Å²) in [7, 11) is -3.43. The Morgan fingerprint density at radius 1 is 0.684 bits per heavy atom. The van der Waals surface area contributed by atoms with Gasteiger partial charge in [0.2, 0.25) is 9.84 Å². The molecule has 5 aromatic carbocycles. The van der Waals surface area contributed by atoms with E-state index in [9.17, 15) is 18.0 Å². The number of benzene rings is 5. The summed E-state index contributed by atoms with van der Waals surface area (Å²) in [6.07, 6.45) is 8.39. The van der Waals surface area contributed by atoms with Gasteiger partial charge in [0.1, 0.15) is 0 Å². The maximum atomic E-state index is 12.4. The Hall–Kier alpha value is -6.82. The number of aromatic nitrogens is 1. The fraction of sp³-hybridized carbons (Fsp3) is 0.109. The number of nitrogens with two attached hydrogens (primary N) is 5. The van der Waals surface area contributed by atoms with Gasteiger partial charge < -0.3 is 28.7 Å². The zero-order chi connectivity index (χ0) is 40.4. The first kappa shape index (κ1) is 38.5. The van der Waals surface area contributed by atoms with Crippen LogP contribution in [0.3, 0.4) is 0 Å². The SMILES string of the molecule is Cc1ccc(S(=O)(=O)c2ccc(N)cc2)cc1.NC1=C2C(=O)C3=C(CCC=C3)C(=O)C2C(N)C=C1.Nc1ccc2c(c1)nc(-c1ccccc1)c1cc(N)ccc12. The second-order valence-corrected chi connectivity index (χ2v) is 16.1. The zero-order valence-corrected chi connectivity index (χ0v) is 32.0. The van der Waals surface area contributed by atoms with Gasteiger partial charge in [-0.3, -0.25) is 9.59 Å². The number of ketones is 2. The van der Waals surface area contributed by atoms with E-state index in [0.29, 0.717) is 45.1 Å². The fourth-order valence-corrected chi connectivity index (χ4v) is 8.45. The van der Waals surface area contributed by atoms with Crippen molar-refractivity contribution in [2.45, 2.75) is 35.6 Å². The molecule has 286 valence electrons. The van der Waals surface area contributed by atoms with Crippen molar-refractivity contribution in [1.29, 1.82) is 0 Å². The molecule has 0 aliphatic heterocycles. The highest BCUT2D eigenvalue weighted by Crippen LogP contribution is 2.38. The summed E-state index contributed by atoms with van der Waals surface area (Å²) in [6.45, 7) is 1.92. The van der Waals surface area contributed by atoms with Gasteiger partial charge in [-0.25, -0.2) is 13.4 Å². The summed E-state index contributed by atoms with van der Waals surface area (Å²) in [5.41, 5.74) is 37.0. The number of hydrogen-bond donors (Lipinski definition) is 5. The molecule has 10 nitrogen and oxygen atoms in total. The predicted molar refractivity (Wildman–Crippen MR) is 228 cm³/mol. The Morgan fingerprint density at radius 3 is 1.98 bits per heavy atom. The maximum absolute atomic E-state index is 12.4. The number of pyridine rings is 1. The van der Waals surface area contributed by atoms with Crippen LogP contribution in [-0.4, -0.2) is 31.0 Å². The molecule has 1 aromatic heterocycles. The molecule has 11 heteroatoms. The largest absolute Gasteiger partial charge is 0.399 e. The molecule has 2 atom stereocenters. The molecule has 0 amide bonds. The monoisotopic (exact) mass is 774 g/mol. The lowest BCUT2D eigenvalue weighted by Gasteiger charge is -2.33. The third-order valence-corrected chi connectivity index (χ3v) is 11.9. The molecule has 10 N–H and O–H groups in total. The number of aryl methyl sites for hydroxylation is 1. The van der Waals surface area contributed by atoms with E-state index in [4.69, 9.17) is 33.7 Å². The quantitative estimate of drug-likeness (QED) is 0.0906. The minimum Gasteiger partial charge on any atom is -0.399 e. The van der Waals surface area contributed by atoms with Crippen LogP contribution >= 0.6 is 0 Å². The summed E-state index contributed by atoms with van der Waals surface area (Å²) >= 11 is 0. The van der Waals surface area contributed by atoms with E-state index >= 15 is 0 Å². The molecule has 2 unspecified atom stereocenters. The molecule has 0 bridgehead atoms. The summed E-state index contributed by atoms with van der Waals surface area (Å²) < 4.78 is 24.4. The summed E-state index contributed by atoms with van der Waals surface area (Å²) in [4.78, 5) is 30.3. The van der Waals surface area contributed by atoms with Crippen LogP contribution < -0.4 is 28.7 Å². The normalized spacial score (nSPS) is 17.4. The second-order valence-electron chi connectivity index (χ2n) is 14.1. The van der Waals surface area contributed by atoms with E-state index < -0.39 is 21.8 Å². The van der Waals surface area contributed by atoms with E-state index in [1.165, 1.54) is 12.1 Å². The lowest BCUT2D eigenvalue weighted by atomic mass is 9.70. The topological polar surface area (TPSA) is 211 Å². The number of nitrogen functional groups attached to an aromatic ring is 3. The molecule has 0 spiro atoms. The van der Waals surface area contributed by atoms with Gasteiger partial charge in [0.05, 0.1) is 26.9 Å². The summed E-state index contributed by atoms with van der Waals surface area (Å²) in [5, 5.41) is 3.28. The number of rotatable bonds is 3. The molecule has 9 rings (SSSR count). The minimum atomic E-state index is -3.43. The summed E-state index contributed by atoms with van der Waals surface area (Å²) in [6, 6.07) is 34.5. The van der Waals surface area contributed by atoms with Crippen molar-refractivity contribution < 1.29 is 18.0 Å². The van der Waals surface area contributed by atoms with Crippen molar-refractivity contribution in [2.24, 2.45) is 17.4 Å². The Kier molecular flexibility index (Phi) is 10.6. The number of anilines is 3. The van der Waals surface area contributed by atoms with Crippen molar-refractivity contribution in [3.8, 4) is 11.3 Å². The van der Waals surface area contributed by atoms with Gasteiger partial charge in [0.15, 0.2) is 11.6 Å². The molecule has 6 aromatic rings. The highest BCUT2D eigenvalue weighted by atomic mass is 32.2. The first-order chi connectivity index (χ1) is 27.3. The van der Waals surface area contributed by atoms with Gasteiger partial charge in [0.25, 0.3) is 0 Å². The van der Waals surface area contributed by atoms with Gasteiger partial charge in [-0.05, 0) is 91.9 Å². The number of fused-ring (bicyclic) bond motifs is 4. The zero-order valence-electron chi connectivity index (χ0n) is 31.2. The standard InChI is InChI=1S/C19H15N3.C14H14N2O2.C13H13NO2S/c20-13-6-8-15-16-9-7-14(21)11-18(16)22-19(17(15)10-13)12-4-2-1-3-5-12;15-9-5-6-10(16)12-11(9)13(17)7-3-1-2-4-8(7)14(12)18;1-10-2-6-12(7-3-10)17(15,16)13-8-4-11(14)5-9-13/h1-11H,20-21H2;1,3,5-6,10,12H,2,4,15-16H2;2-9H,14H2,1H3. The number of carbonyl (C=O) groups excluding carboxylic acids is 2. The van der Waals surface area contributed by atoms with Crippen LogP contribution in [0.25, 0.3) is 32.9 Å². The summed E-state index contributed by atoms with van der Waals surface area (Å²) in [5.74, 6) is -0.764. The lowest BCUT2D eigenvalue weighted by Crippen LogP contribution is -2.44. The number of nitrogens with zero attached hydrogens (tertiary/aromatic N) is 1. The molecule has 3 aliphatic rings. The van der Waals surface area contributed by atoms with Crippen molar-refractivity contribution in [3.63, 3.8) is 0 Å². The third kappa shape index (κ3) is 7.71. The van der Waals surface area contributed by atoms with Gasteiger partial charge in [-0.15, -0.1) is 0 Å². The molecule has 3 aliphatic carbocycles. The van der Waals surface area contributed by atoms with E-state index in [1.54, 1.807) is 54.6 Å². The highest BCUT2D eigenvalue weighted by Gasteiger charge is 2.43. The van der Waals surface area contributed by atoms with Crippen LogP contribution in [0.2, 0.25) is 0 Å². The Morgan fingerprint density at radius 2 is 1.30 bits per heavy atom. The van der Waals surface area contributed by atoms with Gasteiger partial charge in [-0.1, -0.05) is 78.4 Å². The Balaban J connectivity index is 0.000000132. The van der Waals surface area contributed by atoms with Gasteiger partial charge >= 0.3 is 0 Å². The van der Waals surface area contributed by atoms with Crippen molar-refractivity contribution in [1.82, 2.24) is 4.98 Å². The van der Waals surface area contributed by atoms with Crippen LogP contribution in [0.5, 0.6) is 0 Å². The number of hydrogen-bond acceptors (Lipinski definition) is 10. The number of Topliss-reactive ketones (excluding diaryl/α,β-unsaturated/α-hetero) is 2. The van der Waals surface area contributed by atoms with Crippen LogP contribution in [0.4, 0.5) is 17.1 Å². The van der Waals surface area contributed by atoms with E-state index in [-0.39, 0.29) is 16.5 Å². The van der Waals surface area contributed by atoms with Crippen LogP contribution in [0.15, 0.2) is 172 Å². The molecular weight excluding hydrogens is 733 g/mol.